The third kappa shape index (κ3) is 2.80. The van der Waals surface area contributed by atoms with Gasteiger partial charge in [-0.15, -0.1) is 0 Å². The molecule has 1 atom stereocenters. The van der Waals surface area contributed by atoms with Crippen LogP contribution in [0.5, 0.6) is 0 Å². The molecule has 1 aliphatic rings. The minimum absolute atomic E-state index is 0.0751. The number of rotatable bonds is 4. The van der Waals surface area contributed by atoms with Crippen LogP contribution in [0.2, 0.25) is 0 Å². The van der Waals surface area contributed by atoms with Gasteiger partial charge >= 0.3 is 5.97 Å². The fourth-order valence-corrected chi connectivity index (χ4v) is 2.89. The molecule has 0 saturated carbocycles. The molecule has 1 aliphatic heterocycles. The van der Waals surface area contributed by atoms with Crippen LogP contribution >= 0.6 is 0 Å². The van der Waals surface area contributed by atoms with Gasteiger partial charge in [-0.3, -0.25) is 9.59 Å². The first-order chi connectivity index (χ1) is 11.5. The van der Waals surface area contributed by atoms with Crippen LogP contribution in [0.3, 0.4) is 0 Å². The number of benzene rings is 2. The Labute approximate surface area is 139 Å². The monoisotopic (exact) mass is 323 g/mol. The van der Waals surface area contributed by atoms with Crippen molar-refractivity contribution in [1.29, 1.82) is 0 Å². The van der Waals surface area contributed by atoms with Crippen LogP contribution in [-0.4, -0.2) is 22.8 Å². The summed E-state index contributed by atoms with van der Waals surface area (Å²) < 4.78 is 0. The van der Waals surface area contributed by atoms with Crippen LogP contribution in [0, 0.1) is 6.92 Å². The molecule has 0 aromatic heterocycles. The molecule has 0 N–H and O–H groups in total. The van der Waals surface area contributed by atoms with E-state index in [1.54, 1.807) is 24.3 Å². The number of nitrogens with zero attached hydrogens (tertiary/aromatic N) is 1. The van der Waals surface area contributed by atoms with Crippen molar-refractivity contribution < 1.29 is 19.2 Å². The Morgan fingerprint density at radius 1 is 1.00 bits per heavy atom. The number of amides is 2. The number of imide groups is 1. The van der Waals surface area contributed by atoms with E-state index in [1.165, 1.54) is 0 Å². The largest absolute Gasteiger partial charge is 0.333 e. The van der Waals surface area contributed by atoms with Crippen LogP contribution in [0.25, 0.3) is 0 Å². The van der Waals surface area contributed by atoms with Crippen LogP contribution < -0.4 is 0 Å². The van der Waals surface area contributed by atoms with Gasteiger partial charge in [0, 0.05) is 0 Å². The van der Waals surface area contributed by atoms with E-state index in [0.29, 0.717) is 5.06 Å². The molecule has 3 rings (SSSR count). The van der Waals surface area contributed by atoms with Crippen molar-refractivity contribution in [2.45, 2.75) is 26.2 Å². The van der Waals surface area contributed by atoms with Crippen LogP contribution in [-0.2, 0) is 9.63 Å². The van der Waals surface area contributed by atoms with Crippen LogP contribution in [0.15, 0.2) is 48.5 Å². The van der Waals surface area contributed by atoms with Gasteiger partial charge in [-0.1, -0.05) is 48.4 Å². The fourth-order valence-electron chi connectivity index (χ4n) is 2.89. The smallest absolute Gasteiger partial charge is 0.330 e. The minimum Gasteiger partial charge on any atom is -0.330 e. The van der Waals surface area contributed by atoms with E-state index < -0.39 is 17.8 Å². The van der Waals surface area contributed by atoms with E-state index in [-0.39, 0.29) is 23.5 Å². The van der Waals surface area contributed by atoms with Gasteiger partial charge in [0.1, 0.15) is 0 Å². The second-order valence-electron chi connectivity index (χ2n) is 5.88. The number of hydroxylamine groups is 2. The molecule has 5 heteroatoms. The predicted octanol–water partition coefficient (Wildman–Crippen LogP) is 3.24. The predicted molar refractivity (Wildman–Crippen MR) is 87.2 cm³/mol. The summed E-state index contributed by atoms with van der Waals surface area (Å²) in [4.78, 5) is 41.6. The van der Waals surface area contributed by atoms with E-state index >= 15 is 0 Å². The van der Waals surface area contributed by atoms with Crippen molar-refractivity contribution in [3.05, 3.63) is 70.8 Å². The van der Waals surface area contributed by atoms with Crippen molar-refractivity contribution in [2.75, 3.05) is 0 Å². The lowest BCUT2D eigenvalue weighted by Crippen LogP contribution is -2.33. The number of hydrogen-bond donors (Lipinski definition) is 0. The number of aryl methyl sites for hydroxylation is 1. The van der Waals surface area contributed by atoms with Crippen molar-refractivity contribution in [3.63, 3.8) is 0 Å². The Hall–Kier alpha value is -2.95. The molecule has 0 spiro atoms. The molecular weight excluding hydrogens is 306 g/mol. The normalized spacial score (nSPS) is 14.5. The van der Waals surface area contributed by atoms with Gasteiger partial charge in [0.25, 0.3) is 11.8 Å². The summed E-state index contributed by atoms with van der Waals surface area (Å²) in [6.45, 7) is 3.88. The summed E-state index contributed by atoms with van der Waals surface area (Å²) in [5, 5.41) is 0.553. The lowest BCUT2D eigenvalue weighted by atomic mass is 9.94. The molecule has 1 heterocycles. The average molecular weight is 323 g/mol. The van der Waals surface area contributed by atoms with Crippen molar-refractivity contribution >= 4 is 17.8 Å². The quantitative estimate of drug-likeness (QED) is 0.810. The molecular formula is C19H17NO4. The van der Waals surface area contributed by atoms with Crippen molar-refractivity contribution in [1.82, 2.24) is 5.06 Å². The first-order valence-corrected chi connectivity index (χ1v) is 7.73. The van der Waals surface area contributed by atoms with Crippen LogP contribution in [0.4, 0.5) is 0 Å². The molecule has 0 saturated heterocycles. The summed E-state index contributed by atoms with van der Waals surface area (Å²) >= 11 is 0. The maximum Gasteiger partial charge on any atom is 0.333 e. The fraction of sp³-hybridized carbons (Fsp3) is 0.211. The van der Waals surface area contributed by atoms with Crippen LogP contribution in [0.1, 0.15) is 51.1 Å². The van der Waals surface area contributed by atoms with E-state index in [2.05, 4.69) is 0 Å². The van der Waals surface area contributed by atoms with Gasteiger partial charge < -0.3 is 4.84 Å². The number of hydrogen-bond acceptors (Lipinski definition) is 4. The SMILES string of the molecule is Cc1ccccc1C(C)CC(=O)ON1C(=O)c2ccccc2C1=O. The minimum atomic E-state index is -0.611. The summed E-state index contributed by atoms with van der Waals surface area (Å²) in [7, 11) is 0. The average Bonchev–Trinajstić information content (AvgIpc) is 2.80. The highest BCUT2D eigenvalue weighted by Crippen LogP contribution is 2.25. The molecule has 2 aromatic rings. The zero-order valence-electron chi connectivity index (χ0n) is 13.5. The first-order valence-electron chi connectivity index (χ1n) is 7.73. The zero-order chi connectivity index (χ0) is 17.3. The molecule has 2 aromatic carbocycles. The van der Waals surface area contributed by atoms with Gasteiger partial charge in [-0.25, -0.2) is 4.79 Å². The highest BCUT2D eigenvalue weighted by Gasteiger charge is 2.38. The Morgan fingerprint density at radius 3 is 2.12 bits per heavy atom. The highest BCUT2D eigenvalue weighted by molar-refractivity contribution is 6.20. The maximum absolute atomic E-state index is 12.2. The number of fused-ring (bicyclic) bond motifs is 1. The Kier molecular flexibility index (Phi) is 4.16. The lowest BCUT2D eigenvalue weighted by molar-refractivity contribution is -0.168. The molecule has 0 bridgehead atoms. The van der Waals surface area contributed by atoms with Crippen molar-refractivity contribution in [2.24, 2.45) is 0 Å². The molecule has 1 unspecified atom stereocenters. The standard InChI is InChI=1S/C19H17NO4/c1-12-7-3-4-8-14(12)13(2)11-17(21)24-20-18(22)15-9-5-6-10-16(15)19(20)23/h3-10,13H,11H2,1-2H3. The van der Waals surface area contributed by atoms with Gasteiger partial charge in [-0.05, 0) is 36.1 Å². The Morgan fingerprint density at radius 2 is 1.54 bits per heavy atom. The van der Waals surface area contributed by atoms with Gasteiger partial charge in [0.2, 0.25) is 0 Å². The molecule has 2 amide bonds. The summed E-state index contributed by atoms with van der Waals surface area (Å²) in [5.74, 6) is -1.89. The van der Waals surface area contributed by atoms with Gasteiger partial charge in [-0.2, -0.15) is 0 Å². The summed E-state index contributed by atoms with van der Waals surface area (Å²) in [5.41, 5.74) is 2.62. The van der Waals surface area contributed by atoms with Crippen molar-refractivity contribution in [3.8, 4) is 0 Å². The zero-order valence-corrected chi connectivity index (χ0v) is 13.5. The van der Waals surface area contributed by atoms with Gasteiger partial charge in [0.05, 0.1) is 17.5 Å². The topological polar surface area (TPSA) is 63.7 Å². The lowest BCUT2D eigenvalue weighted by Gasteiger charge is -2.16. The third-order valence-corrected chi connectivity index (χ3v) is 4.14. The summed E-state index contributed by atoms with van der Waals surface area (Å²) in [6, 6.07) is 14.2. The number of carbonyl (C=O) groups is 3. The third-order valence-electron chi connectivity index (χ3n) is 4.14. The van der Waals surface area contributed by atoms with E-state index in [9.17, 15) is 14.4 Å². The molecule has 5 nitrogen and oxygen atoms in total. The van der Waals surface area contributed by atoms with Gasteiger partial charge in [0.15, 0.2) is 0 Å². The summed E-state index contributed by atoms with van der Waals surface area (Å²) in [6.07, 6.45) is 0.0816. The molecule has 0 radical (unpaired) electrons. The van der Waals surface area contributed by atoms with E-state index in [1.807, 2.05) is 38.1 Å². The molecule has 24 heavy (non-hydrogen) atoms. The molecule has 122 valence electrons. The number of carbonyl (C=O) groups excluding carboxylic acids is 3. The maximum atomic E-state index is 12.2. The molecule has 0 fully saturated rings. The highest BCUT2D eigenvalue weighted by atomic mass is 16.7. The molecule has 0 aliphatic carbocycles. The Balaban J connectivity index is 1.69. The van der Waals surface area contributed by atoms with E-state index in [0.717, 1.165) is 11.1 Å². The first kappa shape index (κ1) is 15.9. The second-order valence-corrected chi connectivity index (χ2v) is 5.88. The van der Waals surface area contributed by atoms with E-state index in [4.69, 9.17) is 4.84 Å². The Bertz CT molecular complexity index is 793. The second kappa shape index (κ2) is 6.28.